The monoisotopic (exact) mass is 243 g/mol. The van der Waals surface area contributed by atoms with Crippen LogP contribution in [0.5, 0.6) is 0 Å². The minimum absolute atomic E-state index is 0.0352. The van der Waals surface area contributed by atoms with Crippen molar-refractivity contribution >= 4 is 5.97 Å². The fraction of sp³-hybridized carbons (Fsp3) is 0. The molecule has 0 fully saturated rings. The van der Waals surface area contributed by atoms with Crippen LogP contribution in [0, 0.1) is 17.1 Å². The van der Waals surface area contributed by atoms with Gasteiger partial charge in [-0.1, -0.05) is 12.1 Å². The number of nitrogens with zero attached hydrogens (tertiary/aromatic N) is 3. The molecule has 1 N–H and O–H groups in total. The van der Waals surface area contributed by atoms with E-state index in [4.69, 9.17) is 10.4 Å². The average molecular weight is 243 g/mol. The maximum Gasteiger partial charge on any atom is 0.339 e. The van der Waals surface area contributed by atoms with Gasteiger partial charge in [-0.05, 0) is 6.07 Å². The largest absolute Gasteiger partial charge is 0.478 e. The fourth-order valence-electron chi connectivity index (χ4n) is 1.51. The van der Waals surface area contributed by atoms with Crippen molar-refractivity contribution in [2.24, 2.45) is 0 Å². The van der Waals surface area contributed by atoms with Crippen LogP contribution < -0.4 is 0 Å². The Morgan fingerprint density at radius 1 is 1.33 bits per heavy atom. The zero-order valence-electron chi connectivity index (χ0n) is 8.96. The predicted octanol–water partition coefficient (Wildman–Crippen LogP) is 1.85. The van der Waals surface area contributed by atoms with Crippen molar-refractivity contribution in [2.45, 2.75) is 0 Å². The third-order valence-electron chi connectivity index (χ3n) is 2.29. The number of hydrogen-bond acceptors (Lipinski definition) is 4. The molecule has 0 aliphatic heterocycles. The van der Waals surface area contributed by atoms with Crippen LogP contribution in [0.15, 0.2) is 30.6 Å². The lowest BCUT2D eigenvalue weighted by atomic mass is 10.0. The second kappa shape index (κ2) is 4.59. The topological polar surface area (TPSA) is 86.9 Å². The van der Waals surface area contributed by atoms with Crippen molar-refractivity contribution in [1.82, 2.24) is 9.97 Å². The number of benzene rings is 1. The van der Waals surface area contributed by atoms with E-state index in [1.165, 1.54) is 24.5 Å². The van der Waals surface area contributed by atoms with Gasteiger partial charge in [0.15, 0.2) is 0 Å². The van der Waals surface area contributed by atoms with Gasteiger partial charge < -0.3 is 5.11 Å². The van der Waals surface area contributed by atoms with Gasteiger partial charge in [-0.3, -0.25) is 0 Å². The highest BCUT2D eigenvalue weighted by molar-refractivity contribution is 5.96. The molecule has 2 aromatic rings. The molecule has 0 saturated heterocycles. The first-order chi connectivity index (χ1) is 8.63. The molecule has 0 amide bonds. The molecule has 88 valence electrons. The molecule has 0 atom stereocenters. The second-order valence-corrected chi connectivity index (χ2v) is 3.37. The first-order valence-corrected chi connectivity index (χ1v) is 4.88. The summed E-state index contributed by atoms with van der Waals surface area (Å²) < 4.78 is 13.5. The van der Waals surface area contributed by atoms with E-state index < -0.39 is 17.3 Å². The first-order valence-electron chi connectivity index (χ1n) is 4.88. The van der Waals surface area contributed by atoms with Crippen LogP contribution in [-0.2, 0) is 0 Å². The van der Waals surface area contributed by atoms with Crippen molar-refractivity contribution < 1.29 is 14.3 Å². The van der Waals surface area contributed by atoms with Crippen molar-refractivity contribution in [3.63, 3.8) is 0 Å². The lowest BCUT2D eigenvalue weighted by Gasteiger charge is -2.06. The Labute approximate surface area is 101 Å². The Morgan fingerprint density at radius 2 is 2.00 bits per heavy atom. The molecule has 0 aliphatic carbocycles. The molecule has 0 radical (unpaired) electrons. The van der Waals surface area contributed by atoms with E-state index in [1.807, 2.05) is 0 Å². The first kappa shape index (κ1) is 11.7. The molecule has 0 spiro atoms. The Balaban J connectivity index is 2.60. The molecule has 18 heavy (non-hydrogen) atoms. The van der Waals surface area contributed by atoms with Gasteiger partial charge in [0.1, 0.15) is 17.4 Å². The van der Waals surface area contributed by atoms with Crippen LogP contribution in [0.1, 0.15) is 16.2 Å². The highest BCUT2D eigenvalue weighted by Gasteiger charge is 2.17. The molecule has 1 heterocycles. The highest BCUT2D eigenvalue weighted by Crippen LogP contribution is 2.24. The van der Waals surface area contributed by atoms with Crippen molar-refractivity contribution in [3.05, 3.63) is 47.8 Å². The predicted molar refractivity (Wildman–Crippen MR) is 59.1 cm³/mol. The van der Waals surface area contributed by atoms with Crippen LogP contribution in [0.25, 0.3) is 11.1 Å². The summed E-state index contributed by atoms with van der Waals surface area (Å²) >= 11 is 0. The maximum absolute atomic E-state index is 13.5. The van der Waals surface area contributed by atoms with Gasteiger partial charge in [0.2, 0.25) is 5.82 Å². The normalized spacial score (nSPS) is 9.78. The highest BCUT2D eigenvalue weighted by atomic mass is 19.1. The summed E-state index contributed by atoms with van der Waals surface area (Å²) in [5, 5.41) is 17.5. The van der Waals surface area contributed by atoms with E-state index in [1.54, 1.807) is 6.07 Å². The molecule has 0 bridgehead atoms. The van der Waals surface area contributed by atoms with Gasteiger partial charge in [0, 0.05) is 23.5 Å². The number of aromatic nitrogens is 2. The Morgan fingerprint density at radius 3 is 2.56 bits per heavy atom. The number of nitriles is 1. The quantitative estimate of drug-likeness (QED) is 0.869. The average Bonchev–Trinajstić information content (AvgIpc) is 2.38. The molecule has 0 saturated carbocycles. The summed E-state index contributed by atoms with van der Waals surface area (Å²) in [6.07, 6.45) is 2.57. The Bertz CT molecular complexity index is 647. The van der Waals surface area contributed by atoms with Crippen LogP contribution >= 0.6 is 0 Å². The van der Waals surface area contributed by atoms with Crippen molar-refractivity contribution in [3.8, 4) is 17.2 Å². The number of carboxylic acid groups (broad SMARTS) is 1. The van der Waals surface area contributed by atoms with Crippen molar-refractivity contribution in [2.75, 3.05) is 0 Å². The summed E-state index contributed by atoms with van der Waals surface area (Å²) in [6, 6.07) is 5.66. The van der Waals surface area contributed by atoms with Crippen LogP contribution in [0.4, 0.5) is 4.39 Å². The summed E-state index contributed by atoms with van der Waals surface area (Å²) in [5.41, 5.74) is 0.0729. The molecule has 2 rings (SSSR count). The zero-order valence-corrected chi connectivity index (χ0v) is 8.96. The minimum atomic E-state index is -1.37. The van der Waals surface area contributed by atoms with E-state index >= 15 is 0 Å². The lowest BCUT2D eigenvalue weighted by Crippen LogP contribution is -2.03. The zero-order chi connectivity index (χ0) is 13.1. The summed E-state index contributed by atoms with van der Waals surface area (Å²) in [4.78, 5) is 18.4. The standard InChI is InChI=1S/C12H6FN3O2/c13-9-3-1-2-8(11(9)12(17)18)7-5-15-10(4-14)16-6-7/h1-3,5-6H,(H,17,18). The molecule has 6 heteroatoms. The maximum atomic E-state index is 13.5. The van der Waals surface area contributed by atoms with E-state index in [0.717, 1.165) is 6.07 Å². The SMILES string of the molecule is N#Cc1ncc(-c2cccc(F)c2C(=O)O)cn1. The number of carboxylic acids is 1. The number of aromatic carboxylic acids is 1. The number of rotatable bonds is 2. The van der Waals surface area contributed by atoms with Gasteiger partial charge in [0.05, 0.1) is 0 Å². The van der Waals surface area contributed by atoms with E-state index in [0.29, 0.717) is 5.56 Å². The van der Waals surface area contributed by atoms with Gasteiger partial charge in [0.25, 0.3) is 0 Å². The number of hydrogen-bond donors (Lipinski definition) is 1. The van der Waals surface area contributed by atoms with E-state index in [9.17, 15) is 9.18 Å². The van der Waals surface area contributed by atoms with Gasteiger partial charge in [-0.25, -0.2) is 19.2 Å². The van der Waals surface area contributed by atoms with Crippen LogP contribution in [0.2, 0.25) is 0 Å². The summed E-state index contributed by atoms with van der Waals surface area (Å²) in [5.74, 6) is -2.23. The summed E-state index contributed by atoms with van der Waals surface area (Å²) in [6.45, 7) is 0. The third-order valence-corrected chi connectivity index (χ3v) is 2.29. The lowest BCUT2D eigenvalue weighted by molar-refractivity contribution is 0.0693. The van der Waals surface area contributed by atoms with Gasteiger partial charge >= 0.3 is 5.97 Å². The molecule has 1 aromatic heterocycles. The summed E-state index contributed by atoms with van der Waals surface area (Å²) in [7, 11) is 0. The number of halogens is 1. The second-order valence-electron chi connectivity index (χ2n) is 3.37. The third kappa shape index (κ3) is 2.01. The Hall–Kier alpha value is -2.81. The Kier molecular flexibility index (Phi) is 2.98. The molecule has 5 nitrogen and oxygen atoms in total. The molecule has 1 aromatic carbocycles. The van der Waals surface area contributed by atoms with Gasteiger partial charge in [-0.15, -0.1) is 0 Å². The molecule has 0 unspecified atom stereocenters. The van der Waals surface area contributed by atoms with Crippen LogP contribution in [-0.4, -0.2) is 21.0 Å². The van der Waals surface area contributed by atoms with E-state index in [-0.39, 0.29) is 11.4 Å². The fourth-order valence-corrected chi connectivity index (χ4v) is 1.51. The van der Waals surface area contributed by atoms with E-state index in [2.05, 4.69) is 9.97 Å². The van der Waals surface area contributed by atoms with Gasteiger partial charge in [-0.2, -0.15) is 5.26 Å². The minimum Gasteiger partial charge on any atom is -0.478 e. The molecular weight excluding hydrogens is 237 g/mol. The molecule has 0 aliphatic rings. The molecular formula is C12H6FN3O2. The smallest absolute Gasteiger partial charge is 0.339 e. The van der Waals surface area contributed by atoms with Crippen LogP contribution in [0.3, 0.4) is 0 Å². The number of carbonyl (C=O) groups is 1. The van der Waals surface area contributed by atoms with Crippen molar-refractivity contribution in [1.29, 1.82) is 5.26 Å².